The van der Waals surface area contributed by atoms with Crippen LogP contribution in [0.15, 0.2) is 12.5 Å². The van der Waals surface area contributed by atoms with E-state index in [9.17, 15) is 8.42 Å². The van der Waals surface area contributed by atoms with Crippen molar-refractivity contribution in [3.8, 4) is 10.6 Å². The number of thiazole rings is 1. The molecule has 0 amide bonds. The van der Waals surface area contributed by atoms with E-state index in [-0.39, 0.29) is 24.2 Å². The molecule has 2 aliphatic rings. The molecule has 1 unspecified atom stereocenters. The van der Waals surface area contributed by atoms with Crippen LogP contribution in [0.2, 0.25) is 0 Å². The second-order valence-electron chi connectivity index (χ2n) is 7.04. The van der Waals surface area contributed by atoms with Crippen LogP contribution < -0.4 is 10.2 Å². The number of nitrogens with one attached hydrogen (secondary N) is 1. The number of aryl methyl sites for hydroxylation is 1. The van der Waals surface area contributed by atoms with E-state index in [1.165, 1.54) is 0 Å². The average Bonchev–Trinajstić information content (AvgIpc) is 3.34. The lowest BCUT2D eigenvalue weighted by atomic mass is 10.2. The standard InChI is InChI=1S/C17H25N5O3S2.ClH/c1-13-16(26-17(20-13)21-5-7-25-8-6-21)15-10-18-12-22(15)4-3-19-14-2-9-27(23,24)11-14;/h10,12,14,19H,2-9,11H2,1H3;1H. The number of imidazole rings is 1. The predicted molar refractivity (Wildman–Crippen MR) is 113 cm³/mol. The molecule has 1 N–H and O–H groups in total. The number of ether oxygens (including phenoxy) is 1. The summed E-state index contributed by atoms with van der Waals surface area (Å²) in [6.45, 7) is 6.74. The second kappa shape index (κ2) is 9.08. The number of nitrogens with zero attached hydrogens (tertiary/aromatic N) is 4. The van der Waals surface area contributed by atoms with Crippen LogP contribution in [-0.2, 0) is 21.1 Å². The third kappa shape index (κ3) is 4.85. The highest BCUT2D eigenvalue weighted by atomic mass is 35.5. The summed E-state index contributed by atoms with van der Waals surface area (Å²) in [5.74, 6) is 0.548. The number of morpholine rings is 1. The van der Waals surface area contributed by atoms with Crippen molar-refractivity contribution in [3.05, 3.63) is 18.2 Å². The molecule has 2 aromatic heterocycles. The molecule has 0 radical (unpaired) electrons. The number of aromatic nitrogens is 3. The van der Waals surface area contributed by atoms with Crippen LogP contribution in [0.5, 0.6) is 0 Å². The highest BCUT2D eigenvalue weighted by Gasteiger charge is 2.27. The molecule has 0 aliphatic carbocycles. The molecule has 0 aromatic carbocycles. The van der Waals surface area contributed by atoms with Gasteiger partial charge in [-0.05, 0) is 13.3 Å². The first-order chi connectivity index (χ1) is 13.0. The number of hydrogen-bond acceptors (Lipinski definition) is 8. The van der Waals surface area contributed by atoms with Crippen molar-refractivity contribution in [3.63, 3.8) is 0 Å². The molecule has 4 rings (SSSR count). The molecule has 28 heavy (non-hydrogen) atoms. The Morgan fingerprint density at radius 2 is 2.14 bits per heavy atom. The molecule has 2 aliphatic heterocycles. The fourth-order valence-corrected chi connectivity index (χ4v) is 6.40. The van der Waals surface area contributed by atoms with E-state index in [1.807, 2.05) is 19.4 Å². The summed E-state index contributed by atoms with van der Waals surface area (Å²) >= 11 is 1.70. The van der Waals surface area contributed by atoms with Crippen LogP contribution in [-0.4, -0.2) is 73.3 Å². The zero-order chi connectivity index (χ0) is 18.9. The average molecular weight is 448 g/mol. The smallest absolute Gasteiger partial charge is 0.186 e. The van der Waals surface area contributed by atoms with Crippen molar-refractivity contribution >= 4 is 38.7 Å². The number of halogens is 1. The zero-order valence-corrected chi connectivity index (χ0v) is 18.3. The lowest BCUT2D eigenvalue weighted by Gasteiger charge is -2.26. The molecule has 8 nitrogen and oxygen atoms in total. The van der Waals surface area contributed by atoms with Gasteiger partial charge < -0.3 is 19.5 Å². The minimum atomic E-state index is -2.85. The van der Waals surface area contributed by atoms with Crippen LogP contribution >= 0.6 is 23.7 Å². The molecule has 2 saturated heterocycles. The summed E-state index contributed by atoms with van der Waals surface area (Å²) in [5.41, 5.74) is 2.07. The minimum absolute atomic E-state index is 0. The Bertz CT molecular complexity index is 892. The van der Waals surface area contributed by atoms with Gasteiger partial charge >= 0.3 is 0 Å². The van der Waals surface area contributed by atoms with Gasteiger partial charge in [-0.3, -0.25) is 0 Å². The van der Waals surface area contributed by atoms with E-state index in [1.54, 1.807) is 11.3 Å². The largest absolute Gasteiger partial charge is 0.378 e. The molecule has 1 atom stereocenters. The Morgan fingerprint density at radius 1 is 1.36 bits per heavy atom. The summed E-state index contributed by atoms with van der Waals surface area (Å²) in [7, 11) is -2.85. The first-order valence-electron chi connectivity index (χ1n) is 9.26. The molecular formula is C17H26ClN5O3S2. The zero-order valence-electron chi connectivity index (χ0n) is 15.8. The van der Waals surface area contributed by atoms with Gasteiger partial charge in [0.15, 0.2) is 15.0 Å². The Morgan fingerprint density at radius 3 is 2.86 bits per heavy atom. The molecule has 11 heteroatoms. The fourth-order valence-electron chi connectivity index (χ4n) is 3.54. The maximum absolute atomic E-state index is 11.6. The van der Waals surface area contributed by atoms with E-state index >= 15 is 0 Å². The van der Waals surface area contributed by atoms with E-state index < -0.39 is 9.84 Å². The van der Waals surface area contributed by atoms with Crippen molar-refractivity contribution in [2.75, 3.05) is 49.3 Å². The molecule has 2 aromatic rings. The topological polar surface area (TPSA) is 89.3 Å². The summed E-state index contributed by atoms with van der Waals surface area (Å²) in [4.78, 5) is 12.5. The molecule has 0 bridgehead atoms. The third-order valence-electron chi connectivity index (χ3n) is 5.03. The van der Waals surface area contributed by atoms with Gasteiger partial charge in [-0.1, -0.05) is 11.3 Å². The lowest BCUT2D eigenvalue weighted by Crippen LogP contribution is -2.36. The second-order valence-corrected chi connectivity index (χ2v) is 10.2. The number of hydrogen-bond donors (Lipinski definition) is 1. The van der Waals surface area contributed by atoms with E-state index in [0.29, 0.717) is 12.2 Å². The fraction of sp³-hybridized carbons (Fsp3) is 0.647. The van der Waals surface area contributed by atoms with E-state index in [4.69, 9.17) is 9.72 Å². The molecule has 0 spiro atoms. The van der Waals surface area contributed by atoms with Crippen LogP contribution in [0.1, 0.15) is 12.1 Å². The van der Waals surface area contributed by atoms with Gasteiger partial charge in [0.25, 0.3) is 0 Å². The van der Waals surface area contributed by atoms with Crippen LogP contribution in [0.4, 0.5) is 5.13 Å². The number of anilines is 1. The Kier molecular flexibility index (Phi) is 6.98. The van der Waals surface area contributed by atoms with E-state index in [2.05, 4.69) is 19.8 Å². The van der Waals surface area contributed by atoms with Crippen LogP contribution in [0, 0.1) is 6.92 Å². The monoisotopic (exact) mass is 447 g/mol. The molecule has 156 valence electrons. The van der Waals surface area contributed by atoms with Gasteiger partial charge in [-0.25, -0.2) is 18.4 Å². The number of rotatable bonds is 6. The van der Waals surface area contributed by atoms with Crippen molar-refractivity contribution < 1.29 is 13.2 Å². The normalized spacial score (nSPS) is 21.6. The molecule has 0 saturated carbocycles. The van der Waals surface area contributed by atoms with Crippen molar-refractivity contribution in [2.24, 2.45) is 0 Å². The lowest BCUT2D eigenvalue weighted by molar-refractivity contribution is 0.122. The molecular weight excluding hydrogens is 422 g/mol. The quantitative estimate of drug-likeness (QED) is 0.714. The highest BCUT2D eigenvalue weighted by Crippen LogP contribution is 2.34. The summed E-state index contributed by atoms with van der Waals surface area (Å²) in [6, 6.07) is 0.0695. The van der Waals surface area contributed by atoms with Crippen molar-refractivity contribution in [1.82, 2.24) is 19.9 Å². The molecule has 4 heterocycles. The Labute approximate surface area is 175 Å². The molecule has 2 fully saturated rings. The van der Waals surface area contributed by atoms with Crippen LogP contribution in [0.3, 0.4) is 0 Å². The first-order valence-corrected chi connectivity index (χ1v) is 11.9. The summed E-state index contributed by atoms with van der Waals surface area (Å²) in [5, 5.41) is 4.40. The third-order valence-corrected chi connectivity index (χ3v) is 8.04. The van der Waals surface area contributed by atoms with Gasteiger partial charge in [-0.2, -0.15) is 0 Å². The summed E-state index contributed by atoms with van der Waals surface area (Å²) in [6.07, 6.45) is 4.41. The maximum Gasteiger partial charge on any atom is 0.186 e. The van der Waals surface area contributed by atoms with Gasteiger partial charge in [0, 0.05) is 32.2 Å². The van der Waals surface area contributed by atoms with Gasteiger partial charge in [0.1, 0.15) is 0 Å². The summed E-state index contributed by atoms with van der Waals surface area (Å²) < 4.78 is 30.7. The number of sulfone groups is 1. The minimum Gasteiger partial charge on any atom is -0.378 e. The van der Waals surface area contributed by atoms with Crippen molar-refractivity contribution in [1.29, 1.82) is 0 Å². The van der Waals surface area contributed by atoms with Gasteiger partial charge in [-0.15, -0.1) is 12.4 Å². The Balaban J connectivity index is 0.00000225. The van der Waals surface area contributed by atoms with E-state index in [0.717, 1.165) is 60.8 Å². The predicted octanol–water partition coefficient (Wildman–Crippen LogP) is 1.35. The SMILES string of the molecule is Cc1nc(N2CCOCC2)sc1-c1cncn1CCNC1CCS(=O)(=O)C1.Cl. The van der Waals surface area contributed by atoms with Crippen molar-refractivity contribution in [2.45, 2.75) is 25.9 Å². The van der Waals surface area contributed by atoms with Gasteiger partial charge in [0.2, 0.25) is 0 Å². The highest BCUT2D eigenvalue weighted by molar-refractivity contribution is 7.91. The van der Waals surface area contributed by atoms with Crippen LogP contribution in [0.25, 0.3) is 10.6 Å². The van der Waals surface area contributed by atoms with Gasteiger partial charge in [0.05, 0.1) is 53.5 Å². The maximum atomic E-state index is 11.6. The first kappa shape index (κ1) is 21.5. The Hall–Kier alpha value is -1.20.